The highest BCUT2D eigenvalue weighted by atomic mass is 16.5. The standard InChI is InChI=1S/C10H9NO3/c1-6-2-9-8(3-7(6)4-12)11-10(13)5-14-9/h2-4H,5H2,1H3,(H,11,13). The van der Waals surface area contributed by atoms with Crippen LogP contribution in [0.2, 0.25) is 0 Å². The normalized spacial score (nSPS) is 13.9. The van der Waals surface area contributed by atoms with Gasteiger partial charge in [-0.25, -0.2) is 0 Å². The molecule has 4 nitrogen and oxygen atoms in total. The van der Waals surface area contributed by atoms with Crippen molar-refractivity contribution >= 4 is 17.9 Å². The summed E-state index contributed by atoms with van der Waals surface area (Å²) in [5.41, 5.74) is 1.97. The number of rotatable bonds is 1. The summed E-state index contributed by atoms with van der Waals surface area (Å²) in [7, 11) is 0. The number of ether oxygens (including phenoxy) is 1. The molecule has 0 spiro atoms. The third kappa shape index (κ3) is 1.35. The fourth-order valence-electron chi connectivity index (χ4n) is 1.37. The Balaban J connectivity index is 2.51. The van der Waals surface area contributed by atoms with Gasteiger partial charge in [0.15, 0.2) is 6.61 Å². The fourth-order valence-corrected chi connectivity index (χ4v) is 1.37. The zero-order chi connectivity index (χ0) is 10.1. The molecule has 0 radical (unpaired) electrons. The molecule has 0 saturated carbocycles. The zero-order valence-corrected chi connectivity index (χ0v) is 7.66. The molecule has 1 aliphatic rings. The van der Waals surface area contributed by atoms with Gasteiger partial charge < -0.3 is 10.1 Å². The van der Waals surface area contributed by atoms with Gasteiger partial charge in [0.1, 0.15) is 12.0 Å². The van der Waals surface area contributed by atoms with E-state index < -0.39 is 0 Å². The molecule has 1 aliphatic heterocycles. The summed E-state index contributed by atoms with van der Waals surface area (Å²) >= 11 is 0. The van der Waals surface area contributed by atoms with E-state index in [4.69, 9.17) is 4.74 Å². The first-order valence-corrected chi connectivity index (χ1v) is 4.23. The van der Waals surface area contributed by atoms with Crippen molar-refractivity contribution < 1.29 is 14.3 Å². The molecule has 14 heavy (non-hydrogen) atoms. The maximum absolute atomic E-state index is 11.0. The largest absolute Gasteiger partial charge is 0.482 e. The average Bonchev–Trinajstić information content (AvgIpc) is 2.17. The van der Waals surface area contributed by atoms with Crippen LogP contribution in [0.5, 0.6) is 5.75 Å². The number of hydrogen-bond donors (Lipinski definition) is 1. The first-order valence-electron chi connectivity index (χ1n) is 4.23. The molecule has 72 valence electrons. The second-order valence-corrected chi connectivity index (χ2v) is 3.16. The van der Waals surface area contributed by atoms with E-state index >= 15 is 0 Å². The van der Waals surface area contributed by atoms with Crippen molar-refractivity contribution in [3.63, 3.8) is 0 Å². The van der Waals surface area contributed by atoms with E-state index in [1.807, 2.05) is 6.92 Å². The Kier molecular flexibility index (Phi) is 1.96. The van der Waals surface area contributed by atoms with E-state index in [1.54, 1.807) is 12.1 Å². The summed E-state index contributed by atoms with van der Waals surface area (Å²) in [6.07, 6.45) is 0.760. The lowest BCUT2D eigenvalue weighted by Gasteiger charge is -2.18. The van der Waals surface area contributed by atoms with Gasteiger partial charge in [-0.1, -0.05) is 0 Å². The van der Waals surface area contributed by atoms with Crippen LogP contribution in [0, 0.1) is 6.92 Å². The summed E-state index contributed by atoms with van der Waals surface area (Å²) in [5.74, 6) is 0.422. The number of amides is 1. The molecule has 0 bridgehead atoms. The van der Waals surface area contributed by atoms with Gasteiger partial charge in [0.05, 0.1) is 5.69 Å². The molecule has 1 aromatic rings. The van der Waals surface area contributed by atoms with E-state index in [2.05, 4.69) is 5.32 Å². The number of anilines is 1. The van der Waals surface area contributed by atoms with E-state index in [1.165, 1.54) is 0 Å². The SMILES string of the molecule is Cc1cc2c(cc1C=O)NC(=O)CO2. The number of aryl methyl sites for hydroxylation is 1. The van der Waals surface area contributed by atoms with Crippen LogP contribution in [-0.2, 0) is 4.79 Å². The van der Waals surface area contributed by atoms with Crippen LogP contribution in [0.15, 0.2) is 12.1 Å². The number of hydrogen-bond acceptors (Lipinski definition) is 3. The van der Waals surface area contributed by atoms with Crippen molar-refractivity contribution in [2.45, 2.75) is 6.92 Å². The van der Waals surface area contributed by atoms with E-state index in [-0.39, 0.29) is 12.5 Å². The van der Waals surface area contributed by atoms with Crippen molar-refractivity contribution in [2.24, 2.45) is 0 Å². The summed E-state index contributed by atoms with van der Waals surface area (Å²) in [6.45, 7) is 1.86. The summed E-state index contributed by atoms with van der Waals surface area (Å²) < 4.78 is 5.19. The molecule has 1 N–H and O–H groups in total. The van der Waals surface area contributed by atoms with Crippen LogP contribution < -0.4 is 10.1 Å². The molecule has 1 aromatic carbocycles. The van der Waals surface area contributed by atoms with Crippen LogP contribution in [0.1, 0.15) is 15.9 Å². The molecule has 0 atom stereocenters. The molecular weight excluding hydrogens is 182 g/mol. The van der Waals surface area contributed by atoms with Crippen LogP contribution in [0.4, 0.5) is 5.69 Å². The Bertz CT molecular complexity index is 412. The minimum Gasteiger partial charge on any atom is -0.482 e. The zero-order valence-electron chi connectivity index (χ0n) is 7.66. The maximum Gasteiger partial charge on any atom is 0.262 e. The van der Waals surface area contributed by atoms with E-state index in [0.29, 0.717) is 17.0 Å². The summed E-state index contributed by atoms with van der Waals surface area (Å²) in [5, 5.41) is 2.64. The quantitative estimate of drug-likeness (QED) is 0.677. The first-order chi connectivity index (χ1) is 6.70. The van der Waals surface area contributed by atoms with Crippen LogP contribution >= 0.6 is 0 Å². The maximum atomic E-state index is 11.0. The molecule has 1 heterocycles. The predicted molar refractivity (Wildman–Crippen MR) is 50.7 cm³/mol. The highest BCUT2D eigenvalue weighted by molar-refractivity contribution is 5.96. The van der Waals surface area contributed by atoms with Crippen LogP contribution in [0.25, 0.3) is 0 Å². The average molecular weight is 191 g/mol. The van der Waals surface area contributed by atoms with Crippen molar-refractivity contribution in [3.8, 4) is 5.75 Å². The fraction of sp³-hybridized carbons (Fsp3) is 0.200. The van der Waals surface area contributed by atoms with Crippen molar-refractivity contribution in [2.75, 3.05) is 11.9 Å². The van der Waals surface area contributed by atoms with Gasteiger partial charge in [-0.3, -0.25) is 9.59 Å². The highest BCUT2D eigenvalue weighted by Crippen LogP contribution is 2.30. The van der Waals surface area contributed by atoms with Gasteiger partial charge in [-0.15, -0.1) is 0 Å². The summed E-state index contributed by atoms with van der Waals surface area (Å²) in [4.78, 5) is 21.6. The van der Waals surface area contributed by atoms with Gasteiger partial charge in [0.25, 0.3) is 5.91 Å². The Morgan fingerprint density at radius 2 is 2.29 bits per heavy atom. The third-order valence-electron chi connectivity index (χ3n) is 2.13. The number of fused-ring (bicyclic) bond motifs is 1. The van der Waals surface area contributed by atoms with Gasteiger partial charge in [-0.2, -0.15) is 0 Å². The third-order valence-corrected chi connectivity index (χ3v) is 2.13. The lowest BCUT2D eigenvalue weighted by molar-refractivity contribution is -0.118. The van der Waals surface area contributed by atoms with Gasteiger partial charge in [-0.05, 0) is 24.6 Å². The highest BCUT2D eigenvalue weighted by Gasteiger charge is 2.16. The van der Waals surface area contributed by atoms with Crippen LogP contribution in [-0.4, -0.2) is 18.8 Å². The minimum absolute atomic E-state index is 0.0346. The van der Waals surface area contributed by atoms with Crippen molar-refractivity contribution in [1.82, 2.24) is 0 Å². The Morgan fingerprint density at radius 3 is 3.00 bits per heavy atom. The molecule has 1 amide bonds. The van der Waals surface area contributed by atoms with Gasteiger partial charge in [0, 0.05) is 5.56 Å². The monoisotopic (exact) mass is 191 g/mol. The number of carbonyl (C=O) groups is 2. The van der Waals surface area contributed by atoms with Crippen molar-refractivity contribution in [3.05, 3.63) is 23.3 Å². The van der Waals surface area contributed by atoms with Crippen LogP contribution in [0.3, 0.4) is 0 Å². The van der Waals surface area contributed by atoms with Crippen molar-refractivity contribution in [1.29, 1.82) is 0 Å². The molecule has 0 unspecified atom stereocenters. The number of benzene rings is 1. The molecule has 0 aromatic heterocycles. The molecule has 0 aliphatic carbocycles. The molecule has 2 rings (SSSR count). The number of carbonyl (C=O) groups excluding carboxylic acids is 2. The van der Waals surface area contributed by atoms with Gasteiger partial charge >= 0.3 is 0 Å². The molecular formula is C10H9NO3. The molecule has 0 saturated heterocycles. The lowest BCUT2D eigenvalue weighted by atomic mass is 10.1. The Morgan fingerprint density at radius 1 is 1.50 bits per heavy atom. The smallest absolute Gasteiger partial charge is 0.262 e. The van der Waals surface area contributed by atoms with E-state index in [0.717, 1.165) is 11.8 Å². The number of aldehydes is 1. The Labute approximate surface area is 80.9 Å². The summed E-state index contributed by atoms with van der Waals surface area (Å²) in [6, 6.07) is 3.37. The molecule has 4 heteroatoms. The predicted octanol–water partition coefficient (Wildman–Crippen LogP) is 1.14. The van der Waals surface area contributed by atoms with Gasteiger partial charge in [0.2, 0.25) is 0 Å². The van der Waals surface area contributed by atoms with E-state index in [9.17, 15) is 9.59 Å². The Hall–Kier alpha value is -1.84. The number of nitrogens with one attached hydrogen (secondary N) is 1. The second kappa shape index (κ2) is 3.14. The second-order valence-electron chi connectivity index (χ2n) is 3.16. The first kappa shape index (κ1) is 8.74. The minimum atomic E-state index is -0.196. The topological polar surface area (TPSA) is 55.4 Å². The lowest BCUT2D eigenvalue weighted by Crippen LogP contribution is -2.25. The molecule has 0 fully saturated rings.